The highest BCUT2D eigenvalue weighted by atomic mass is 16.6. The molecular formula is C15H17NO2. The lowest BCUT2D eigenvalue weighted by Crippen LogP contribution is -2.31. The minimum atomic E-state index is -0.242. The van der Waals surface area contributed by atoms with Gasteiger partial charge < -0.3 is 4.74 Å². The highest BCUT2D eigenvalue weighted by molar-refractivity contribution is 5.70. The Balaban J connectivity index is 2.06. The second kappa shape index (κ2) is 6.05. The molecule has 3 heteroatoms. The first kappa shape index (κ1) is 12.4. The number of benzene rings is 1. The first-order valence-electron chi connectivity index (χ1n) is 6.08. The zero-order valence-corrected chi connectivity index (χ0v) is 10.5. The van der Waals surface area contributed by atoms with Crippen molar-refractivity contribution in [2.75, 3.05) is 6.61 Å². The van der Waals surface area contributed by atoms with Gasteiger partial charge in [0.15, 0.2) is 0 Å². The van der Waals surface area contributed by atoms with E-state index in [9.17, 15) is 4.79 Å². The summed E-state index contributed by atoms with van der Waals surface area (Å²) in [4.78, 5) is 13.4. The summed E-state index contributed by atoms with van der Waals surface area (Å²) in [6.45, 7) is 2.98. The Hall–Kier alpha value is -2.03. The summed E-state index contributed by atoms with van der Waals surface area (Å²) < 4.78 is 5.09. The quantitative estimate of drug-likeness (QED) is 0.760. The summed E-state index contributed by atoms with van der Waals surface area (Å²) in [5.41, 5.74) is 1.11. The molecule has 3 nitrogen and oxygen atoms in total. The molecule has 1 aliphatic rings. The molecule has 2 rings (SSSR count). The number of hydrogen-bond acceptors (Lipinski definition) is 2. The standard InChI is InChI=1S/C15H17NO2/c1-2-3-5-10-14-12-18-15(17)16(14)11-13-8-6-4-7-9-13/h2-10,14H,11-12H2,1H3/b3-2-,10-5-/t14-/m1/s1. The zero-order valence-electron chi connectivity index (χ0n) is 10.5. The Morgan fingerprint density at radius 2 is 2.11 bits per heavy atom. The number of hydrogen-bond donors (Lipinski definition) is 0. The van der Waals surface area contributed by atoms with Crippen LogP contribution in [0.15, 0.2) is 54.6 Å². The molecule has 0 unspecified atom stereocenters. The van der Waals surface area contributed by atoms with Gasteiger partial charge in [-0.05, 0) is 12.5 Å². The van der Waals surface area contributed by atoms with E-state index in [1.165, 1.54) is 0 Å². The van der Waals surface area contributed by atoms with E-state index in [0.29, 0.717) is 13.2 Å². The van der Waals surface area contributed by atoms with Crippen molar-refractivity contribution in [3.63, 3.8) is 0 Å². The summed E-state index contributed by atoms with van der Waals surface area (Å²) in [5.74, 6) is 0. The topological polar surface area (TPSA) is 29.5 Å². The van der Waals surface area contributed by atoms with Gasteiger partial charge in [0.1, 0.15) is 6.61 Å². The summed E-state index contributed by atoms with van der Waals surface area (Å²) in [5, 5.41) is 0. The van der Waals surface area contributed by atoms with Crippen molar-refractivity contribution < 1.29 is 9.53 Å². The maximum absolute atomic E-state index is 11.7. The van der Waals surface area contributed by atoms with E-state index in [1.807, 2.05) is 61.6 Å². The highest BCUT2D eigenvalue weighted by Gasteiger charge is 2.30. The molecule has 1 saturated heterocycles. The van der Waals surface area contributed by atoms with E-state index in [-0.39, 0.29) is 12.1 Å². The molecule has 1 amide bonds. The smallest absolute Gasteiger partial charge is 0.410 e. The molecule has 0 saturated carbocycles. The Morgan fingerprint density at radius 1 is 1.33 bits per heavy atom. The van der Waals surface area contributed by atoms with Crippen LogP contribution in [0.2, 0.25) is 0 Å². The van der Waals surface area contributed by atoms with Crippen LogP contribution in [0.5, 0.6) is 0 Å². The van der Waals surface area contributed by atoms with Crippen LogP contribution in [0.25, 0.3) is 0 Å². The van der Waals surface area contributed by atoms with Crippen molar-refractivity contribution in [2.45, 2.75) is 19.5 Å². The van der Waals surface area contributed by atoms with Crippen LogP contribution in [0.3, 0.4) is 0 Å². The lowest BCUT2D eigenvalue weighted by atomic mass is 10.2. The molecule has 0 spiro atoms. The fraction of sp³-hybridized carbons (Fsp3) is 0.267. The molecule has 1 heterocycles. The van der Waals surface area contributed by atoms with Crippen LogP contribution in [0, 0.1) is 0 Å². The third-order valence-electron chi connectivity index (χ3n) is 2.84. The molecule has 94 valence electrons. The fourth-order valence-corrected chi connectivity index (χ4v) is 1.89. The van der Waals surface area contributed by atoms with Crippen LogP contribution < -0.4 is 0 Å². The molecule has 0 aliphatic carbocycles. The Kier molecular flexibility index (Phi) is 4.18. The molecule has 1 aliphatic heterocycles. The second-order valence-electron chi connectivity index (χ2n) is 4.17. The SMILES string of the molecule is C/C=C\C=C/[C@@H]1COC(=O)N1Cc1ccccc1. The molecule has 18 heavy (non-hydrogen) atoms. The van der Waals surface area contributed by atoms with Crippen molar-refractivity contribution in [1.82, 2.24) is 4.90 Å². The van der Waals surface area contributed by atoms with Gasteiger partial charge >= 0.3 is 6.09 Å². The summed E-state index contributed by atoms with van der Waals surface area (Å²) in [6, 6.07) is 9.96. The van der Waals surface area contributed by atoms with Crippen LogP contribution in [-0.2, 0) is 11.3 Å². The molecule has 0 aromatic heterocycles. The van der Waals surface area contributed by atoms with Crippen molar-refractivity contribution >= 4 is 6.09 Å². The van der Waals surface area contributed by atoms with Gasteiger partial charge in [0.25, 0.3) is 0 Å². The van der Waals surface area contributed by atoms with E-state index in [4.69, 9.17) is 4.74 Å². The first-order chi connectivity index (χ1) is 8.81. The van der Waals surface area contributed by atoms with Gasteiger partial charge in [-0.1, -0.05) is 54.6 Å². The van der Waals surface area contributed by atoms with Crippen molar-refractivity contribution in [3.8, 4) is 0 Å². The minimum Gasteiger partial charge on any atom is -0.447 e. The molecule has 0 radical (unpaired) electrons. The van der Waals surface area contributed by atoms with Gasteiger partial charge in [0, 0.05) is 6.54 Å². The van der Waals surface area contributed by atoms with Crippen LogP contribution in [0.1, 0.15) is 12.5 Å². The average molecular weight is 243 g/mol. The number of allylic oxidation sites excluding steroid dienone is 3. The maximum atomic E-state index is 11.7. The maximum Gasteiger partial charge on any atom is 0.410 e. The largest absolute Gasteiger partial charge is 0.447 e. The first-order valence-corrected chi connectivity index (χ1v) is 6.08. The number of nitrogens with zero attached hydrogens (tertiary/aromatic N) is 1. The Labute approximate surface area is 107 Å². The molecule has 0 N–H and O–H groups in total. The van der Waals surface area contributed by atoms with Gasteiger partial charge in [-0.15, -0.1) is 0 Å². The lowest BCUT2D eigenvalue weighted by molar-refractivity contribution is 0.156. The molecule has 1 aromatic rings. The number of carbonyl (C=O) groups is 1. The third-order valence-corrected chi connectivity index (χ3v) is 2.84. The molecule has 1 fully saturated rings. The summed E-state index contributed by atoms with van der Waals surface area (Å²) >= 11 is 0. The predicted octanol–water partition coefficient (Wildman–Crippen LogP) is 3.14. The van der Waals surface area contributed by atoms with Gasteiger partial charge in [0.2, 0.25) is 0 Å². The zero-order chi connectivity index (χ0) is 12.8. The van der Waals surface area contributed by atoms with Gasteiger partial charge in [-0.3, -0.25) is 4.90 Å². The van der Waals surface area contributed by atoms with Crippen molar-refractivity contribution in [2.24, 2.45) is 0 Å². The average Bonchev–Trinajstić information content (AvgIpc) is 2.73. The molecular weight excluding hydrogens is 226 g/mol. The Bertz CT molecular complexity index is 451. The summed E-state index contributed by atoms with van der Waals surface area (Å²) in [6.07, 6.45) is 7.60. The molecule has 1 atom stereocenters. The number of rotatable bonds is 4. The summed E-state index contributed by atoms with van der Waals surface area (Å²) in [7, 11) is 0. The van der Waals surface area contributed by atoms with Gasteiger partial charge in [-0.25, -0.2) is 4.79 Å². The monoisotopic (exact) mass is 243 g/mol. The van der Waals surface area contributed by atoms with Gasteiger partial charge in [0.05, 0.1) is 6.04 Å². The van der Waals surface area contributed by atoms with Crippen LogP contribution >= 0.6 is 0 Å². The lowest BCUT2D eigenvalue weighted by Gasteiger charge is -2.18. The second-order valence-corrected chi connectivity index (χ2v) is 4.17. The van der Waals surface area contributed by atoms with E-state index in [1.54, 1.807) is 4.90 Å². The van der Waals surface area contributed by atoms with Crippen molar-refractivity contribution in [3.05, 3.63) is 60.2 Å². The molecule has 0 bridgehead atoms. The normalized spacial score (nSPS) is 19.9. The molecule has 1 aromatic carbocycles. The van der Waals surface area contributed by atoms with Crippen LogP contribution in [-0.4, -0.2) is 23.6 Å². The van der Waals surface area contributed by atoms with E-state index >= 15 is 0 Å². The number of carbonyl (C=O) groups excluding carboxylic acids is 1. The number of ether oxygens (including phenoxy) is 1. The van der Waals surface area contributed by atoms with E-state index in [0.717, 1.165) is 5.56 Å². The van der Waals surface area contributed by atoms with E-state index < -0.39 is 0 Å². The number of amides is 1. The minimum absolute atomic E-state index is 0.0221. The van der Waals surface area contributed by atoms with Crippen molar-refractivity contribution in [1.29, 1.82) is 0 Å². The number of cyclic esters (lactones) is 1. The third kappa shape index (κ3) is 3.00. The van der Waals surface area contributed by atoms with Crippen LogP contribution in [0.4, 0.5) is 4.79 Å². The van der Waals surface area contributed by atoms with Gasteiger partial charge in [-0.2, -0.15) is 0 Å². The highest BCUT2D eigenvalue weighted by Crippen LogP contribution is 2.17. The predicted molar refractivity (Wildman–Crippen MR) is 71.1 cm³/mol. The van der Waals surface area contributed by atoms with E-state index in [2.05, 4.69) is 0 Å². The Morgan fingerprint density at radius 3 is 2.83 bits per heavy atom. The fourth-order valence-electron chi connectivity index (χ4n) is 1.89.